The van der Waals surface area contributed by atoms with Crippen molar-refractivity contribution >= 4 is 11.9 Å². The summed E-state index contributed by atoms with van der Waals surface area (Å²) in [5.41, 5.74) is 0. The summed E-state index contributed by atoms with van der Waals surface area (Å²) < 4.78 is 0. The number of aliphatic carboxylic acids is 1. The third kappa shape index (κ3) is 3.95. The van der Waals surface area contributed by atoms with Gasteiger partial charge in [0, 0.05) is 26.2 Å². The highest BCUT2D eigenvalue weighted by Crippen LogP contribution is 2.24. The van der Waals surface area contributed by atoms with Crippen LogP contribution < -0.4 is 0 Å². The van der Waals surface area contributed by atoms with Gasteiger partial charge in [-0.3, -0.25) is 14.5 Å². The Labute approximate surface area is 120 Å². The molecular formula is C15H26N2O3. The van der Waals surface area contributed by atoms with Crippen LogP contribution in [-0.4, -0.2) is 59.5 Å². The van der Waals surface area contributed by atoms with Crippen LogP contribution in [0.25, 0.3) is 0 Å². The Hall–Kier alpha value is -1.10. The molecule has 1 N–H and O–H groups in total. The van der Waals surface area contributed by atoms with Gasteiger partial charge < -0.3 is 10.0 Å². The van der Waals surface area contributed by atoms with E-state index in [0.717, 1.165) is 39.0 Å². The molecule has 2 rings (SSSR count). The maximum atomic E-state index is 12.2. The Kier molecular flexibility index (Phi) is 5.40. The van der Waals surface area contributed by atoms with Crippen molar-refractivity contribution in [2.75, 3.05) is 32.7 Å². The average Bonchev–Trinajstić information content (AvgIpc) is 2.31. The molecule has 2 saturated heterocycles. The molecule has 2 fully saturated rings. The first-order valence-corrected chi connectivity index (χ1v) is 7.81. The fourth-order valence-electron chi connectivity index (χ4n) is 3.04. The van der Waals surface area contributed by atoms with Crippen LogP contribution in [-0.2, 0) is 9.59 Å². The molecule has 5 nitrogen and oxygen atoms in total. The molecule has 0 saturated carbocycles. The lowest BCUT2D eigenvalue weighted by molar-refractivity contribution is -0.146. The van der Waals surface area contributed by atoms with E-state index >= 15 is 0 Å². The average molecular weight is 282 g/mol. The Morgan fingerprint density at radius 1 is 1.10 bits per heavy atom. The molecule has 2 heterocycles. The van der Waals surface area contributed by atoms with Crippen LogP contribution in [0.4, 0.5) is 0 Å². The minimum atomic E-state index is -0.732. The Balaban J connectivity index is 1.71. The summed E-state index contributed by atoms with van der Waals surface area (Å²) in [4.78, 5) is 27.2. The van der Waals surface area contributed by atoms with Crippen molar-refractivity contribution < 1.29 is 14.7 Å². The lowest BCUT2D eigenvalue weighted by atomic mass is 9.87. The summed E-state index contributed by atoms with van der Waals surface area (Å²) in [6, 6.07) is 0. The van der Waals surface area contributed by atoms with Gasteiger partial charge in [-0.2, -0.15) is 0 Å². The molecule has 0 aromatic carbocycles. The van der Waals surface area contributed by atoms with Gasteiger partial charge in [-0.05, 0) is 18.8 Å². The molecule has 5 heteroatoms. The third-order valence-electron chi connectivity index (χ3n) is 4.65. The van der Waals surface area contributed by atoms with Gasteiger partial charge in [0.1, 0.15) is 0 Å². The van der Waals surface area contributed by atoms with Crippen LogP contribution in [0.1, 0.15) is 39.0 Å². The summed E-state index contributed by atoms with van der Waals surface area (Å²) >= 11 is 0. The van der Waals surface area contributed by atoms with Crippen LogP contribution in [0.2, 0.25) is 0 Å². The predicted octanol–water partition coefficient (Wildman–Crippen LogP) is 1.43. The van der Waals surface area contributed by atoms with E-state index < -0.39 is 5.97 Å². The summed E-state index contributed by atoms with van der Waals surface area (Å²) in [6.45, 7) is 5.48. The van der Waals surface area contributed by atoms with Crippen LogP contribution >= 0.6 is 0 Å². The number of carboxylic acid groups (broad SMARTS) is 1. The van der Waals surface area contributed by atoms with E-state index in [-0.39, 0.29) is 17.7 Å². The maximum absolute atomic E-state index is 12.2. The summed E-state index contributed by atoms with van der Waals surface area (Å²) in [5, 5.41) is 8.95. The molecule has 0 aliphatic carbocycles. The number of carboxylic acids is 1. The van der Waals surface area contributed by atoms with Gasteiger partial charge >= 0.3 is 5.97 Å². The molecule has 2 aliphatic rings. The fraction of sp³-hybridized carbons (Fsp3) is 0.867. The van der Waals surface area contributed by atoms with E-state index in [2.05, 4.69) is 4.90 Å². The van der Waals surface area contributed by atoms with E-state index in [1.807, 2.05) is 4.90 Å². The lowest BCUT2D eigenvalue weighted by Gasteiger charge is -2.41. The van der Waals surface area contributed by atoms with Crippen molar-refractivity contribution in [3.63, 3.8) is 0 Å². The Bertz CT molecular complexity index is 345. The van der Waals surface area contributed by atoms with Crippen LogP contribution in [0.15, 0.2) is 0 Å². The van der Waals surface area contributed by atoms with Gasteiger partial charge in [-0.1, -0.05) is 26.2 Å². The second kappa shape index (κ2) is 7.07. The van der Waals surface area contributed by atoms with Gasteiger partial charge in [0.05, 0.1) is 12.5 Å². The third-order valence-corrected chi connectivity index (χ3v) is 4.65. The van der Waals surface area contributed by atoms with Crippen LogP contribution in [0.5, 0.6) is 0 Å². The summed E-state index contributed by atoms with van der Waals surface area (Å²) in [6.07, 6.45) is 5.98. The molecule has 2 aliphatic heterocycles. The first-order chi connectivity index (χ1) is 9.58. The SMILES string of the molecule is CC(C(=O)O)C1CN(CC(=O)N2CCCCCCC2)C1. The first kappa shape index (κ1) is 15.3. The fourth-order valence-corrected chi connectivity index (χ4v) is 3.04. The van der Waals surface area contributed by atoms with Crippen molar-refractivity contribution in [2.45, 2.75) is 39.0 Å². The highest BCUT2D eigenvalue weighted by atomic mass is 16.4. The van der Waals surface area contributed by atoms with Gasteiger partial charge in [0.25, 0.3) is 0 Å². The highest BCUT2D eigenvalue weighted by Gasteiger charge is 2.35. The molecular weight excluding hydrogens is 256 g/mol. The second-order valence-electron chi connectivity index (χ2n) is 6.23. The van der Waals surface area contributed by atoms with Gasteiger partial charge in [-0.25, -0.2) is 0 Å². The van der Waals surface area contributed by atoms with Gasteiger partial charge in [-0.15, -0.1) is 0 Å². The number of likely N-dealkylation sites (tertiary alicyclic amines) is 2. The van der Waals surface area contributed by atoms with E-state index in [0.29, 0.717) is 6.54 Å². The topological polar surface area (TPSA) is 60.9 Å². The summed E-state index contributed by atoms with van der Waals surface area (Å²) in [5.74, 6) is -0.617. The molecule has 0 radical (unpaired) electrons. The normalized spacial score (nSPS) is 23.6. The second-order valence-corrected chi connectivity index (χ2v) is 6.23. The zero-order valence-electron chi connectivity index (χ0n) is 12.4. The van der Waals surface area contributed by atoms with Crippen molar-refractivity contribution in [3.05, 3.63) is 0 Å². The monoisotopic (exact) mass is 282 g/mol. The zero-order chi connectivity index (χ0) is 14.5. The first-order valence-electron chi connectivity index (χ1n) is 7.81. The number of amides is 1. The molecule has 114 valence electrons. The maximum Gasteiger partial charge on any atom is 0.306 e. The number of rotatable bonds is 4. The molecule has 1 unspecified atom stereocenters. The molecule has 0 aromatic rings. The molecule has 0 aromatic heterocycles. The van der Waals surface area contributed by atoms with Crippen molar-refractivity contribution in [3.8, 4) is 0 Å². The molecule has 20 heavy (non-hydrogen) atoms. The van der Waals surface area contributed by atoms with Crippen LogP contribution in [0, 0.1) is 11.8 Å². The standard InChI is InChI=1S/C15H26N2O3/c1-12(15(19)20)13-9-16(10-13)11-14(18)17-7-5-3-2-4-6-8-17/h12-13H,2-11H2,1H3,(H,19,20). The van der Waals surface area contributed by atoms with E-state index in [9.17, 15) is 9.59 Å². The predicted molar refractivity (Wildman–Crippen MR) is 76.4 cm³/mol. The Morgan fingerprint density at radius 2 is 1.65 bits per heavy atom. The number of hydrogen-bond donors (Lipinski definition) is 1. The Morgan fingerprint density at radius 3 is 2.20 bits per heavy atom. The van der Waals surface area contributed by atoms with Gasteiger partial charge in [0.15, 0.2) is 0 Å². The highest BCUT2D eigenvalue weighted by molar-refractivity contribution is 5.78. The molecule has 1 amide bonds. The molecule has 0 spiro atoms. The van der Waals surface area contributed by atoms with Crippen molar-refractivity contribution in [2.24, 2.45) is 11.8 Å². The zero-order valence-corrected chi connectivity index (χ0v) is 12.4. The number of carbonyl (C=O) groups is 2. The van der Waals surface area contributed by atoms with Crippen LogP contribution in [0.3, 0.4) is 0 Å². The van der Waals surface area contributed by atoms with E-state index in [4.69, 9.17) is 5.11 Å². The minimum Gasteiger partial charge on any atom is -0.481 e. The number of hydrogen-bond acceptors (Lipinski definition) is 3. The number of nitrogens with zero attached hydrogens (tertiary/aromatic N) is 2. The van der Waals surface area contributed by atoms with Crippen molar-refractivity contribution in [1.29, 1.82) is 0 Å². The quantitative estimate of drug-likeness (QED) is 0.847. The lowest BCUT2D eigenvalue weighted by Crippen LogP contribution is -2.54. The summed E-state index contributed by atoms with van der Waals surface area (Å²) in [7, 11) is 0. The van der Waals surface area contributed by atoms with E-state index in [1.54, 1.807) is 6.92 Å². The van der Waals surface area contributed by atoms with Crippen molar-refractivity contribution in [1.82, 2.24) is 9.80 Å². The minimum absolute atomic E-state index is 0.202. The van der Waals surface area contributed by atoms with Gasteiger partial charge in [0.2, 0.25) is 5.91 Å². The number of carbonyl (C=O) groups excluding carboxylic acids is 1. The molecule has 1 atom stereocenters. The largest absolute Gasteiger partial charge is 0.481 e. The molecule has 0 bridgehead atoms. The van der Waals surface area contributed by atoms with E-state index in [1.165, 1.54) is 19.3 Å². The smallest absolute Gasteiger partial charge is 0.306 e.